The Hall–Kier alpha value is -2.51. The van der Waals surface area contributed by atoms with E-state index in [2.05, 4.69) is 20.8 Å². The number of ether oxygens (including phenoxy) is 2. The van der Waals surface area contributed by atoms with Crippen LogP contribution in [0.1, 0.15) is 25.0 Å². The SMILES string of the molecule is CCOc1cccc(CNc2nnnn2CC)c1OCc1ccc(Cl)cc1Cl. The van der Waals surface area contributed by atoms with Gasteiger partial charge in [0.05, 0.1) is 6.61 Å². The summed E-state index contributed by atoms with van der Waals surface area (Å²) in [6.45, 7) is 5.88. The molecular formula is C19H21Cl2N5O2. The molecule has 9 heteroatoms. The summed E-state index contributed by atoms with van der Waals surface area (Å²) in [6.07, 6.45) is 0. The van der Waals surface area contributed by atoms with Crippen LogP contribution in [0.15, 0.2) is 36.4 Å². The molecule has 148 valence electrons. The summed E-state index contributed by atoms with van der Waals surface area (Å²) in [5, 5.41) is 16.0. The van der Waals surface area contributed by atoms with E-state index in [1.807, 2.05) is 38.1 Å². The second-order valence-corrected chi connectivity index (χ2v) is 6.72. The molecule has 0 saturated heterocycles. The Morgan fingerprint density at radius 1 is 1.07 bits per heavy atom. The molecule has 7 nitrogen and oxygen atoms in total. The molecule has 3 aromatic rings. The minimum Gasteiger partial charge on any atom is -0.490 e. The number of hydrogen-bond acceptors (Lipinski definition) is 6. The van der Waals surface area contributed by atoms with Gasteiger partial charge in [0.15, 0.2) is 11.5 Å². The van der Waals surface area contributed by atoms with Crippen LogP contribution in [0.5, 0.6) is 11.5 Å². The first kappa shape index (κ1) is 20.2. The van der Waals surface area contributed by atoms with Gasteiger partial charge in [-0.2, -0.15) is 0 Å². The highest BCUT2D eigenvalue weighted by Gasteiger charge is 2.14. The number of benzene rings is 2. The molecule has 3 rings (SSSR count). The highest BCUT2D eigenvalue weighted by atomic mass is 35.5. The molecule has 0 unspecified atom stereocenters. The zero-order valence-corrected chi connectivity index (χ0v) is 17.2. The van der Waals surface area contributed by atoms with Gasteiger partial charge in [-0.25, -0.2) is 4.68 Å². The van der Waals surface area contributed by atoms with Crippen molar-refractivity contribution in [2.75, 3.05) is 11.9 Å². The first-order valence-corrected chi connectivity index (χ1v) is 9.69. The summed E-state index contributed by atoms with van der Waals surface area (Å²) in [5.41, 5.74) is 1.76. The predicted octanol–water partition coefficient (Wildman–Crippen LogP) is 4.59. The molecule has 1 heterocycles. The molecule has 0 radical (unpaired) electrons. The van der Waals surface area contributed by atoms with Crippen molar-refractivity contribution >= 4 is 29.2 Å². The van der Waals surface area contributed by atoms with E-state index in [-0.39, 0.29) is 0 Å². The van der Waals surface area contributed by atoms with Crippen LogP contribution in [0.25, 0.3) is 0 Å². The zero-order valence-electron chi connectivity index (χ0n) is 15.7. The third kappa shape index (κ3) is 4.85. The fraction of sp³-hybridized carbons (Fsp3) is 0.316. The average Bonchev–Trinajstić information content (AvgIpc) is 3.14. The Bertz CT molecular complexity index is 932. The molecule has 28 heavy (non-hydrogen) atoms. The van der Waals surface area contributed by atoms with Gasteiger partial charge in [-0.05, 0) is 42.5 Å². The maximum absolute atomic E-state index is 6.27. The number of nitrogens with zero attached hydrogens (tertiary/aromatic N) is 4. The van der Waals surface area contributed by atoms with Gasteiger partial charge in [-0.15, -0.1) is 0 Å². The summed E-state index contributed by atoms with van der Waals surface area (Å²) in [5.74, 6) is 1.91. The summed E-state index contributed by atoms with van der Waals surface area (Å²) < 4.78 is 13.5. The van der Waals surface area contributed by atoms with Crippen molar-refractivity contribution in [3.63, 3.8) is 0 Å². The van der Waals surface area contributed by atoms with E-state index in [1.54, 1.807) is 16.8 Å². The number of rotatable bonds is 9. The van der Waals surface area contributed by atoms with Crippen molar-refractivity contribution in [1.82, 2.24) is 20.2 Å². The molecule has 1 N–H and O–H groups in total. The molecule has 1 aromatic heterocycles. The van der Waals surface area contributed by atoms with Gasteiger partial charge in [0.2, 0.25) is 5.95 Å². The molecule has 0 aliphatic heterocycles. The van der Waals surface area contributed by atoms with E-state index in [0.29, 0.717) is 53.8 Å². The van der Waals surface area contributed by atoms with Crippen molar-refractivity contribution in [2.24, 2.45) is 0 Å². The molecule has 0 fully saturated rings. The van der Waals surface area contributed by atoms with Gasteiger partial charge in [-0.3, -0.25) is 0 Å². The van der Waals surface area contributed by atoms with Crippen molar-refractivity contribution < 1.29 is 9.47 Å². The first-order valence-electron chi connectivity index (χ1n) is 8.93. The molecule has 0 atom stereocenters. The van der Waals surface area contributed by atoms with Gasteiger partial charge in [0, 0.05) is 34.3 Å². The van der Waals surface area contributed by atoms with Crippen molar-refractivity contribution in [3.05, 3.63) is 57.6 Å². The third-order valence-corrected chi connectivity index (χ3v) is 4.60. The minimum atomic E-state index is 0.291. The minimum absolute atomic E-state index is 0.291. The first-order chi connectivity index (χ1) is 13.6. The summed E-state index contributed by atoms with van der Waals surface area (Å²) in [6, 6.07) is 11.1. The molecule has 0 bridgehead atoms. The van der Waals surface area contributed by atoms with Crippen LogP contribution in [0, 0.1) is 0 Å². The van der Waals surface area contributed by atoms with E-state index >= 15 is 0 Å². The Morgan fingerprint density at radius 2 is 1.93 bits per heavy atom. The van der Waals surface area contributed by atoms with Gasteiger partial charge >= 0.3 is 0 Å². The Labute approximate surface area is 173 Å². The highest BCUT2D eigenvalue weighted by molar-refractivity contribution is 6.35. The number of halogens is 2. The normalized spacial score (nSPS) is 10.7. The molecule has 0 aliphatic carbocycles. The number of nitrogens with one attached hydrogen (secondary N) is 1. The largest absolute Gasteiger partial charge is 0.490 e. The van der Waals surface area contributed by atoms with Crippen LogP contribution in [-0.2, 0) is 19.7 Å². The number of aryl methyl sites for hydroxylation is 1. The average molecular weight is 422 g/mol. The van der Waals surface area contributed by atoms with Gasteiger partial charge in [-0.1, -0.05) is 46.5 Å². The number of tetrazole rings is 1. The summed E-state index contributed by atoms with van der Waals surface area (Å²) >= 11 is 12.2. The van der Waals surface area contributed by atoms with E-state index in [9.17, 15) is 0 Å². The van der Waals surface area contributed by atoms with Crippen molar-refractivity contribution in [2.45, 2.75) is 33.5 Å². The van der Waals surface area contributed by atoms with Crippen LogP contribution in [0.3, 0.4) is 0 Å². The maximum Gasteiger partial charge on any atom is 0.243 e. The lowest BCUT2D eigenvalue weighted by molar-refractivity contribution is 0.267. The second kappa shape index (κ2) is 9.61. The van der Waals surface area contributed by atoms with Crippen LogP contribution < -0.4 is 14.8 Å². The number of anilines is 1. The standard InChI is InChI=1S/C19H21Cl2N5O2/c1-3-26-19(23-24-25-26)22-11-13-6-5-7-17(27-4-2)18(13)28-12-14-8-9-15(20)10-16(14)21/h5-10H,3-4,11-12H2,1-2H3,(H,22,23,25). The third-order valence-electron chi connectivity index (χ3n) is 4.02. The molecule has 0 spiro atoms. The summed E-state index contributed by atoms with van der Waals surface area (Å²) in [7, 11) is 0. The lowest BCUT2D eigenvalue weighted by Crippen LogP contribution is -2.10. The van der Waals surface area contributed by atoms with Gasteiger partial charge in [0.1, 0.15) is 6.61 Å². The van der Waals surface area contributed by atoms with Crippen molar-refractivity contribution in [3.8, 4) is 11.5 Å². The topological polar surface area (TPSA) is 74.1 Å². The van der Waals surface area contributed by atoms with E-state index in [1.165, 1.54) is 0 Å². The van der Waals surface area contributed by atoms with Gasteiger partial charge in [0.25, 0.3) is 0 Å². The Kier molecular flexibility index (Phi) is 6.95. The maximum atomic E-state index is 6.27. The fourth-order valence-electron chi connectivity index (χ4n) is 2.64. The zero-order chi connectivity index (χ0) is 19.9. The summed E-state index contributed by atoms with van der Waals surface area (Å²) in [4.78, 5) is 0. The Morgan fingerprint density at radius 3 is 2.68 bits per heavy atom. The quantitative estimate of drug-likeness (QED) is 0.544. The fourth-order valence-corrected chi connectivity index (χ4v) is 3.10. The molecule has 0 amide bonds. The number of aromatic nitrogens is 4. The van der Waals surface area contributed by atoms with Crippen LogP contribution >= 0.6 is 23.2 Å². The van der Waals surface area contributed by atoms with Crippen molar-refractivity contribution in [1.29, 1.82) is 0 Å². The molecule has 0 aliphatic rings. The van der Waals surface area contributed by atoms with Crippen LogP contribution in [0.4, 0.5) is 5.95 Å². The molecule has 0 saturated carbocycles. The van der Waals surface area contributed by atoms with E-state index in [0.717, 1.165) is 11.1 Å². The van der Waals surface area contributed by atoms with E-state index in [4.69, 9.17) is 32.7 Å². The van der Waals surface area contributed by atoms with Gasteiger partial charge < -0.3 is 14.8 Å². The Balaban J connectivity index is 1.80. The smallest absolute Gasteiger partial charge is 0.243 e. The lowest BCUT2D eigenvalue weighted by atomic mass is 10.1. The van der Waals surface area contributed by atoms with E-state index < -0.39 is 0 Å². The number of para-hydroxylation sites is 1. The predicted molar refractivity (Wildman–Crippen MR) is 109 cm³/mol. The number of hydrogen-bond donors (Lipinski definition) is 1. The molecule has 2 aromatic carbocycles. The van der Waals surface area contributed by atoms with Crippen LogP contribution in [0.2, 0.25) is 10.0 Å². The second-order valence-electron chi connectivity index (χ2n) is 5.87. The highest BCUT2D eigenvalue weighted by Crippen LogP contribution is 2.33. The monoisotopic (exact) mass is 421 g/mol. The molecular weight excluding hydrogens is 401 g/mol. The van der Waals surface area contributed by atoms with Crippen LogP contribution in [-0.4, -0.2) is 26.8 Å². The lowest BCUT2D eigenvalue weighted by Gasteiger charge is -2.17.